The van der Waals surface area contributed by atoms with Crippen LogP contribution in [0.2, 0.25) is 0 Å². The number of hydrogen-bond acceptors (Lipinski definition) is 4. The minimum absolute atomic E-state index is 0.0289. The van der Waals surface area contributed by atoms with E-state index in [2.05, 4.69) is 14.5 Å². The van der Waals surface area contributed by atoms with Gasteiger partial charge in [-0.05, 0) is 26.0 Å². The van der Waals surface area contributed by atoms with Crippen LogP contribution >= 0.6 is 0 Å². The molecule has 1 aromatic rings. The van der Waals surface area contributed by atoms with Crippen LogP contribution in [0.5, 0.6) is 5.75 Å². The Morgan fingerprint density at radius 3 is 2.58 bits per heavy atom. The van der Waals surface area contributed by atoms with E-state index in [-0.39, 0.29) is 28.1 Å². The average molecular weight is 290 g/mol. The minimum atomic E-state index is -3.86. The van der Waals surface area contributed by atoms with Gasteiger partial charge in [0.1, 0.15) is 10.6 Å². The van der Waals surface area contributed by atoms with Crippen molar-refractivity contribution in [1.82, 2.24) is 5.32 Å². The van der Waals surface area contributed by atoms with Crippen molar-refractivity contribution in [3.05, 3.63) is 23.8 Å². The van der Waals surface area contributed by atoms with Gasteiger partial charge in [-0.2, -0.15) is 17.2 Å². The number of nitrogens with one attached hydrogen (secondary N) is 1. The summed E-state index contributed by atoms with van der Waals surface area (Å²) in [4.78, 5) is -0.131. The van der Waals surface area contributed by atoms with Crippen LogP contribution in [0.4, 0.5) is 8.78 Å². The molecule has 0 spiro atoms. The van der Waals surface area contributed by atoms with E-state index >= 15 is 0 Å². The predicted octanol–water partition coefficient (Wildman–Crippen LogP) is 1.73. The third-order valence-electron chi connectivity index (χ3n) is 2.36. The number of alkyl halides is 2. The Hall–Kier alpha value is -1.70. The van der Waals surface area contributed by atoms with Crippen molar-refractivity contribution < 1.29 is 21.9 Å². The van der Waals surface area contributed by atoms with Gasteiger partial charge in [0.05, 0.1) is 5.56 Å². The van der Waals surface area contributed by atoms with Gasteiger partial charge in [0.25, 0.3) is 10.0 Å². The third-order valence-corrected chi connectivity index (χ3v) is 3.67. The molecule has 1 aliphatic rings. The summed E-state index contributed by atoms with van der Waals surface area (Å²) in [5.74, 6) is -0.179. The van der Waals surface area contributed by atoms with E-state index in [1.54, 1.807) is 13.8 Å². The molecule has 0 saturated heterocycles. The molecular formula is C11H12F2N2O3S. The van der Waals surface area contributed by atoms with Gasteiger partial charge in [-0.1, -0.05) is 6.07 Å². The Labute approximate surface area is 109 Å². The number of nitrogens with zero attached hydrogens (tertiary/aromatic N) is 1. The smallest absolute Gasteiger partial charge is 0.387 e. The van der Waals surface area contributed by atoms with Crippen LogP contribution in [0.15, 0.2) is 27.5 Å². The van der Waals surface area contributed by atoms with E-state index in [9.17, 15) is 17.2 Å². The lowest BCUT2D eigenvalue weighted by molar-refractivity contribution is -0.0501. The van der Waals surface area contributed by atoms with Crippen LogP contribution in [0.1, 0.15) is 19.4 Å². The number of sulfonamides is 1. The lowest BCUT2D eigenvalue weighted by Crippen LogP contribution is -2.30. The first-order valence-electron chi connectivity index (χ1n) is 5.51. The van der Waals surface area contributed by atoms with Crippen LogP contribution in [0.3, 0.4) is 0 Å². The third kappa shape index (κ3) is 2.67. The zero-order chi connectivity index (χ0) is 14.2. The highest BCUT2D eigenvalue weighted by atomic mass is 32.2. The largest absolute Gasteiger partial charge is 0.434 e. The molecule has 1 aliphatic heterocycles. The molecule has 8 heteroatoms. The summed E-state index contributed by atoms with van der Waals surface area (Å²) in [5, 5.41) is 2.81. The molecule has 0 aliphatic carbocycles. The van der Waals surface area contributed by atoms with Crippen molar-refractivity contribution >= 4 is 15.9 Å². The van der Waals surface area contributed by atoms with E-state index in [4.69, 9.17) is 0 Å². The fourth-order valence-electron chi connectivity index (χ4n) is 1.74. The highest BCUT2D eigenvalue weighted by molar-refractivity contribution is 7.90. The molecule has 2 rings (SSSR count). The molecule has 5 nitrogen and oxygen atoms in total. The molecule has 104 valence electrons. The van der Waals surface area contributed by atoms with E-state index < -0.39 is 16.6 Å². The predicted molar refractivity (Wildman–Crippen MR) is 65.1 cm³/mol. The lowest BCUT2D eigenvalue weighted by atomic mass is 10.1. The summed E-state index contributed by atoms with van der Waals surface area (Å²) in [6.07, 6.45) is 0. The molecule has 0 atom stereocenters. The van der Waals surface area contributed by atoms with Crippen LogP contribution in [-0.4, -0.2) is 26.9 Å². The fraction of sp³-hybridized carbons (Fsp3) is 0.364. The van der Waals surface area contributed by atoms with Crippen molar-refractivity contribution in [2.24, 2.45) is 4.40 Å². The van der Waals surface area contributed by atoms with Gasteiger partial charge in [0.2, 0.25) is 0 Å². The number of hydrogen-bond donors (Lipinski definition) is 1. The maximum absolute atomic E-state index is 12.3. The number of halogens is 2. The van der Waals surface area contributed by atoms with Gasteiger partial charge in [-0.25, -0.2) is 0 Å². The molecule has 0 bridgehead atoms. The van der Waals surface area contributed by atoms with E-state index in [0.717, 1.165) is 0 Å². The maximum atomic E-state index is 12.3. The van der Waals surface area contributed by atoms with Crippen molar-refractivity contribution in [3.63, 3.8) is 0 Å². The summed E-state index contributed by atoms with van der Waals surface area (Å²) in [7, 11) is -3.86. The Balaban J connectivity index is 2.56. The topological polar surface area (TPSA) is 67.8 Å². The molecule has 0 saturated carbocycles. The van der Waals surface area contributed by atoms with Crippen molar-refractivity contribution in [2.45, 2.75) is 31.4 Å². The van der Waals surface area contributed by atoms with Gasteiger partial charge in [0, 0.05) is 6.04 Å². The summed E-state index contributed by atoms with van der Waals surface area (Å²) in [5.41, 5.74) is 0.0523. The first-order valence-corrected chi connectivity index (χ1v) is 6.95. The molecule has 0 fully saturated rings. The molecule has 19 heavy (non-hydrogen) atoms. The molecular weight excluding hydrogens is 278 g/mol. The number of amidine groups is 1. The molecule has 0 amide bonds. The number of benzene rings is 1. The average Bonchev–Trinajstić information content (AvgIpc) is 2.50. The van der Waals surface area contributed by atoms with Gasteiger partial charge in [0.15, 0.2) is 5.84 Å². The number of fused-ring (bicyclic) bond motifs is 1. The second kappa shape index (κ2) is 4.76. The Kier molecular flexibility index (Phi) is 3.44. The molecule has 0 aromatic heterocycles. The van der Waals surface area contributed by atoms with E-state index in [1.165, 1.54) is 18.2 Å². The van der Waals surface area contributed by atoms with Gasteiger partial charge >= 0.3 is 6.61 Å². The quantitative estimate of drug-likeness (QED) is 0.920. The zero-order valence-electron chi connectivity index (χ0n) is 10.2. The molecule has 1 N–H and O–H groups in total. The monoisotopic (exact) mass is 290 g/mol. The maximum Gasteiger partial charge on any atom is 0.387 e. The van der Waals surface area contributed by atoms with Crippen LogP contribution < -0.4 is 10.1 Å². The molecule has 0 unspecified atom stereocenters. The lowest BCUT2D eigenvalue weighted by Gasteiger charge is -2.13. The second-order valence-electron chi connectivity index (χ2n) is 4.22. The highest BCUT2D eigenvalue weighted by Gasteiger charge is 2.32. The Bertz CT molecular complexity index is 627. The number of ether oxygens (including phenoxy) is 1. The summed E-state index contributed by atoms with van der Waals surface area (Å²) in [6, 6.07) is 3.83. The number of rotatable bonds is 3. The summed E-state index contributed by atoms with van der Waals surface area (Å²) >= 11 is 0. The summed E-state index contributed by atoms with van der Waals surface area (Å²) < 4.78 is 56.2. The normalized spacial score (nSPS) is 16.4. The van der Waals surface area contributed by atoms with E-state index in [0.29, 0.717) is 0 Å². The fourth-order valence-corrected chi connectivity index (χ4v) is 2.93. The minimum Gasteiger partial charge on any atom is -0.434 e. The zero-order valence-corrected chi connectivity index (χ0v) is 11.0. The Morgan fingerprint density at radius 2 is 2.00 bits per heavy atom. The summed E-state index contributed by atoms with van der Waals surface area (Å²) in [6.45, 7) is 0.531. The second-order valence-corrected chi connectivity index (χ2v) is 5.79. The molecule has 0 radical (unpaired) electrons. The molecule has 1 heterocycles. The van der Waals surface area contributed by atoms with Gasteiger partial charge in [-0.15, -0.1) is 4.40 Å². The van der Waals surface area contributed by atoms with Crippen LogP contribution in [-0.2, 0) is 10.0 Å². The van der Waals surface area contributed by atoms with Crippen LogP contribution in [0.25, 0.3) is 0 Å². The standard InChI is InChI=1S/C11H12F2N2O3S/c1-6(2)14-10-9-7(18-11(12)13)4-3-5-8(9)19(16,17)15-10/h3-6,11H,1-2H3,(H,14,15). The first-order chi connectivity index (χ1) is 8.81. The van der Waals surface area contributed by atoms with Crippen molar-refractivity contribution in [2.75, 3.05) is 0 Å². The van der Waals surface area contributed by atoms with Crippen molar-refractivity contribution in [1.29, 1.82) is 0 Å². The highest BCUT2D eigenvalue weighted by Crippen LogP contribution is 2.33. The molecule has 1 aromatic carbocycles. The van der Waals surface area contributed by atoms with Gasteiger partial charge in [-0.3, -0.25) is 0 Å². The SMILES string of the molecule is CC(C)NC1=NS(=O)(=O)c2cccc(OC(F)F)c21. The van der Waals surface area contributed by atoms with Gasteiger partial charge < -0.3 is 10.1 Å². The Morgan fingerprint density at radius 1 is 1.32 bits per heavy atom. The van der Waals surface area contributed by atoms with E-state index in [1.807, 2.05) is 0 Å². The van der Waals surface area contributed by atoms with Crippen LogP contribution in [0, 0.1) is 0 Å². The van der Waals surface area contributed by atoms with Crippen molar-refractivity contribution in [3.8, 4) is 5.75 Å². The first kappa shape index (κ1) is 13.7.